The largest absolute Gasteiger partial charge is 0.322 e. The summed E-state index contributed by atoms with van der Waals surface area (Å²) in [4.78, 5) is 38.9. The standard InChI is InChI=1S/C28H18N4O5/c33-28(29-21-7-4-8-23(16-21)32(36)37)20-11-14-26-25(15-20)24(18-5-2-1-3-6-18)17-27(30-26)19-9-12-22(13-10-19)31(34)35/h1-17H,(H,29,33). The van der Waals surface area contributed by atoms with Gasteiger partial charge in [0.1, 0.15) is 0 Å². The maximum absolute atomic E-state index is 13.0. The second kappa shape index (κ2) is 9.67. The summed E-state index contributed by atoms with van der Waals surface area (Å²) in [6.45, 7) is 0. The third-order valence-corrected chi connectivity index (χ3v) is 5.84. The third kappa shape index (κ3) is 4.87. The van der Waals surface area contributed by atoms with Crippen LogP contribution in [0.4, 0.5) is 17.1 Å². The van der Waals surface area contributed by atoms with E-state index < -0.39 is 15.8 Å². The molecule has 9 nitrogen and oxygen atoms in total. The van der Waals surface area contributed by atoms with Crippen LogP contribution in [0, 0.1) is 20.2 Å². The van der Waals surface area contributed by atoms with E-state index in [4.69, 9.17) is 4.98 Å². The smallest absolute Gasteiger partial charge is 0.271 e. The Bertz CT molecular complexity index is 1670. The zero-order valence-corrected chi connectivity index (χ0v) is 19.2. The van der Waals surface area contributed by atoms with Crippen LogP contribution in [-0.4, -0.2) is 20.7 Å². The number of anilines is 1. The van der Waals surface area contributed by atoms with E-state index in [9.17, 15) is 25.0 Å². The highest BCUT2D eigenvalue weighted by Gasteiger charge is 2.15. The van der Waals surface area contributed by atoms with Crippen molar-refractivity contribution in [3.05, 3.63) is 129 Å². The summed E-state index contributed by atoms with van der Waals surface area (Å²) >= 11 is 0. The van der Waals surface area contributed by atoms with Gasteiger partial charge < -0.3 is 5.32 Å². The first kappa shape index (κ1) is 23.3. The third-order valence-electron chi connectivity index (χ3n) is 5.84. The maximum Gasteiger partial charge on any atom is 0.271 e. The summed E-state index contributed by atoms with van der Waals surface area (Å²) in [6, 6.07) is 28.5. The van der Waals surface area contributed by atoms with E-state index in [-0.39, 0.29) is 11.4 Å². The number of pyridine rings is 1. The van der Waals surface area contributed by atoms with Gasteiger partial charge in [-0.2, -0.15) is 0 Å². The van der Waals surface area contributed by atoms with Crippen LogP contribution in [-0.2, 0) is 0 Å². The predicted molar refractivity (Wildman–Crippen MR) is 140 cm³/mol. The molecule has 0 saturated carbocycles. The van der Waals surface area contributed by atoms with E-state index in [1.54, 1.807) is 36.4 Å². The topological polar surface area (TPSA) is 128 Å². The van der Waals surface area contributed by atoms with Gasteiger partial charge in [-0.1, -0.05) is 36.4 Å². The van der Waals surface area contributed by atoms with Crippen LogP contribution in [0.3, 0.4) is 0 Å². The van der Waals surface area contributed by atoms with E-state index in [1.165, 1.54) is 30.3 Å². The van der Waals surface area contributed by atoms with E-state index >= 15 is 0 Å². The summed E-state index contributed by atoms with van der Waals surface area (Å²) in [5, 5.41) is 25.5. The SMILES string of the molecule is O=C(Nc1cccc([N+](=O)[O-])c1)c1ccc2nc(-c3ccc([N+](=O)[O-])cc3)cc(-c3ccccc3)c2c1. The van der Waals surface area contributed by atoms with Crippen molar-refractivity contribution in [1.29, 1.82) is 0 Å². The molecule has 0 aliphatic carbocycles. The molecule has 5 rings (SSSR count). The number of nitrogens with zero attached hydrogens (tertiary/aromatic N) is 3. The predicted octanol–water partition coefficient (Wildman–Crippen LogP) is 6.64. The van der Waals surface area contributed by atoms with Crippen LogP contribution in [0.2, 0.25) is 0 Å². The Morgan fingerprint density at radius 3 is 2.14 bits per heavy atom. The molecule has 5 aromatic rings. The maximum atomic E-state index is 13.0. The zero-order valence-electron chi connectivity index (χ0n) is 19.2. The molecule has 1 heterocycles. The molecule has 1 aromatic heterocycles. The number of benzene rings is 4. The van der Waals surface area contributed by atoms with Crippen molar-refractivity contribution in [2.24, 2.45) is 0 Å². The molecule has 0 spiro atoms. The van der Waals surface area contributed by atoms with Gasteiger partial charge in [0, 0.05) is 46.5 Å². The molecule has 0 saturated heterocycles. The fraction of sp³-hybridized carbons (Fsp3) is 0. The summed E-state index contributed by atoms with van der Waals surface area (Å²) in [7, 11) is 0. The number of nitrogens with one attached hydrogen (secondary N) is 1. The molecular weight excluding hydrogens is 472 g/mol. The highest BCUT2D eigenvalue weighted by atomic mass is 16.6. The Labute approximate surface area is 210 Å². The number of fused-ring (bicyclic) bond motifs is 1. The Morgan fingerprint density at radius 2 is 1.43 bits per heavy atom. The molecule has 0 atom stereocenters. The Balaban J connectivity index is 1.58. The molecule has 180 valence electrons. The van der Waals surface area contributed by atoms with Crippen molar-refractivity contribution < 1.29 is 14.6 Å². The highest BCUT2D eigenvalue weighted by molar-refractivity contribution is 6.08. The molecule has 0 bridgehead atoms. The summed E-state index contributed by atoms with van der Waals surface area (Å²) in [5.74, 6) is -0.416. The summed E-state index contributed by atoms with van der Waals surface area (Å²) < 4.78 is 0. The lowest BCUT2D eigenvalue weighted by molar-refractivity contribution is -0.385. The number of carbonyl (C=O) groups excluding carboxylic acids is 1. The van der Waals surface area contributed by atoms with Crippen molar-refractivity contribution in [3.63, 3.8) is 0 Å². The van der Waals surface area contributed by atoms with Gasteiger partial charge in [0.25, 0.3) is 17.3 Å². The quantitative estimate of drug-likeness (QED) is 0.210. The Kier molecular flexibility index (Phi) is 6.09. The first-order valence-electron chi connectivity index (χ1n) is 11.2. The zero-order chi connectivity index (χ0) is 25.9. The molecule has 0 fully saturated rings. The van der Waals surface area contributed by atoms with Crippen molar-refractivity contribution in [1.82, 2.24) is 4.98 Å². The molecule has 0 aliphatic heterocycles. The first-order chi connectivity index (χ1) is 17.9. The molecule has 0 radical (unpaired) electrons. The summed E-state index contributed by atoms with van der Waals surface area (Å²) in [5.41, 5.74) is 4.29. The molecule has 1 N–H and O–H groups in total. The Morgan fingerprint density at radius 1 is 0.703 bits per heavy atom. The van der Waals surface area contributed by atoms with Gasteiger partial charge in [0.15, 0.2) is 0 Å². The van der Waals surface area contributed by atoms with E-state index in [0.29, 0.717) is 22.5 Å². The van der Waals surface area contributed by atoms with E-state index in [2.05, 4.69) is 5.32 Å². The number of carbonyl (C=O) groups is 1. The van der Waals surface area contributed by atoms with Crippen LogP contribution in [0.15, 0.2) is 103 Å². The van der Waals surface area contributed by atoms with Crippen LogP contribution in [0.5, 0.6) is 0 Å². The number of aromatic nitrogens is 1. The van der Waals surface area contributed by atoms with Crippen LogP contribution in [0.25, 0.3) is 33.3 Å². The fourth-order valence-electron chi connectivity index (χ4n) is 4.03. The van der Waals surface area contributed by atoms with Gasteiger partial charge >= 0.3 is 0 Å². The summed E-state index contributed by atoms with van der Waals surface area (Å²) in [6.07, 6.45) is 0. The lowest BCUT2D eigenvalue weighted by Crippen LogP contribution is -2.12. The number of rotatable bonds is 6. The van der Waals surface area contributed by atoms with E-state index in [1.807, 2.05) is 36.4 Å². The molecule has 0 aliphatic rings. The van der Waals surface area contributed by atoms with Crippen molar-refractivity contribution in [2.45, 2.75) is 0 Å². The molecular formula is C28H18N4O5. The van der Waals surface area contributed by atoms with Crippen molar-refractivity contribution >= 4 is 33.9 Å². The average Bonchev–Trinajstić information content (AvgIpc) is 2.92. The minimum Gasteiger partial charge on any atom is -0.322 e. The number of nitro groups is 2. The van der Waals surface area contributed by atoms with Crippen LogP contribution in [0.1, 0.15) is 10.4 Å². The lowest BCUT2D eigenvalue weighted by atomic mass is 9.97. The highest BCUT2D eigenvalue weighted by Crippen LogP contribution is 2.33. The number of hydrogen-bond donors (Lipinski definition) is 1. The van der Waals surface area contributed by atoms with Gasteiger partial charge in [0.2, 0.25) is 0 Å². The minimum atomic E-state index is -0.522. The van der Waals surface area contributed by atoms with Gasteiger partial charge in [0.05, 0.1) is 21.1 Å². The molecule has 0 unspecified atom stereocenters. The second-order valence-corrected chi connectivity index (χ2v) is 8.22. The number of nitro benzene ring substituents is 2. The molecule has 4 aromatic carbocycles. The van der Waals surface area contributed by atoms with E-state index in [0.717, 1.165) is 22.1 Å². The monoisotopic (exact) mass is 490 g/mol. The van der Waals surface area contributed by atoms with Gasteiger partial charge in [-0.3, -0.25) is 25.0 Å². The van der Waals surface area contributed by atoms with Crippen molar-refractivity contribution in [2.75, 3.05) is 5.32 Å². The molecule has 9 heteroatoms. The van der Waals surface area contributed by atoms with Gasteiger partial charge in [-0.15, -0.1) is 0 Å². The van der Waals surface area contributed by atoms with Crippen LogP contribution >= 0.6 is 0 Å². The van der Waals surface area contributed by atoms with Gasteiger partial charge in [-0.05, 0) is 53.6 Å². The minimum absolute atomic E-state index is 0.00720. The second-order valence-electron chi connectivity index (χ2n) is 8.22. The van der Waals surface area contributed by atoms with Gasteiger partial charge in [-0.25, -0.2) is 4.98 Å². The average molecular weight is 490 g/mol. The van der Waals surface area contributed by atoms with Crippen molar-refractivity contribution in [3.8, 4) is 22.4 Å². The molecule has 1 amide bonds. The normalized spacial score (nSPS) is 10.7. The number of amides is 1. The van der Waals surface area contributed by atoms with Crippen LogP contribution < -0.4 is 5.32 Å². The Hall–Kier alpha value is -5.44. The molecule has 37 heavy (non-hydrogen) atoms. The number of hydrogen-bond acceptors (Lipinski definition) is 6. The fourth-order valence-corrected chi connectivity index (χ4v) is 4.03. The number of non-ortho nitro benzene ring substituents is 2. The lowest BCUT2D eigenvalue weighted by Gasteiger charge is -2.12. The first-order valence-corrected chi connectivity index (χ1v) is 11.2.